The molecule has 5 nitrogen and oxygen atoms in total. The highest BCUT2D eigenvalue weighted by atomic mass is 32.1. The van der Waals surface area contributed by atoms with Crippen molar-refractivity contribution in [1.82, 2.24) is 14.3 Å². The Hall–Kier alpha value is -2.86. The van der Waals surface area contributed by atoms with Crippen LogP contribution in [0, 0.1) is 0 Å². The molecule has 0 saturated carbocycles. The topological polar surface area (TPSA) is 46.8 Å². The number of hydrogen-bond donors (Lipinski definition) is 0. The van der Waals surface area contributed by atoms with Crippen LogP contribution in [0.15, 0.2) is 48.7 Å². The maximum atomic E-state index is 12.9. The maximum Gasteiger partial charge on any atom is 0.253 e. The Morgan fingerprint density at radius 2 is 1.90 bits per heavy atom. The van der Waals surface area contributed by atoms with Gasteiger partial charge in [0, 0.05) is 30.4 Å². The van der Waals surface area contributed by atoms with Crippen molar-refractivity contribution in [3.05, 3.63) is 54.2 Å². The minimum absolute atomic E-state index is 0.150. The third-order valence-electron chi connectivity index (χ3n) is 5.60. The SMILES string of the molecule is COc1cccc(-c2cn3c(n2)sc2cc(C(=O)N4CCCCCC4)ccc23)c1. The van der Waals surface area contributed by atoms with Crippen molar-refractivity contribution in [2.75, 3.05) is 20.2 Å². The average Bonchev–Trinajstić information content (AvgIpc) is 3.19. The predicted molar refractivity (Wildman–Crippen MR) is 117 cm³/mol. The van der Waals surface area contributed by atoms with Gasteiger partial charge >= 0.3 is 0 Å². The summed E-state index contributed by atoms with van der Waals surface area (Å²) in [5.41, 5.74) is 3.80. The van der Waals surface area contributed by atoms with Gasteiger partial charge in [-0.15, -0.1) is 0 Å². The van der Waals surface area contributed by atoms with Crippen molar-refractivity contribution in [3.63, 3.8) is 0 Å². The summed E-state index contributed by atoms with van der Waals surface area (Å²) >= 11 is 1.62. The smallest absolute Gasteiger partial charge is 0.253 e. The van der Waals surface area contributed by atoms with Gasteiger partial charge in [0.15, 0.2) is 4.96 Å². The number of benzene rings is 2. The summed E-state index contributed by atoms with van der Waals surface area (Å²) in [6.45, 7) is 1.74. The highest BCUT2D eigenvalue weighted by Crippen LogP contribution is 2.31. The Labute approximate surface area is 173 Å². The molecule has 0 bridgehead atoms. The van der Waals surface area contributed by atoms with E-state index in [1.807, 2.05) is 47.4 Å². The van der Waals surface area contributed by atoms with Crippen LogP contribution in [0.5, 0.6) is 5.75 Å². The minimum atomic E-state index is 0.150. The summed E-state index contributed by atoms with van der Waals surface area (Å²) in [6.07, 6.45) is 6.71. The molecule has 0 unspecified atom stereocenters. The number of likely N-dealkylation sites (tertiary alicyclic amines) is 1. The summed E-state index contributed by atoms with van der Waals surface area (Å²) in [4.78, 5) is 20.7. The van der Waals surface area contributed by atoms with E-state index in [9.17, 15) is 4.79 Å². The molecular weight excluding hydrogens is 382 g/mol. The lowest BCUT2D eigenvalue weighted by Gasteiger charge is -2.20. The Balaban J connectivity index is 1.48. The second-order valence-corrected chi connectivity index (χ2v) is 8.51. The van der Waals surface area contributed by atoms with Gasteiger partial charge in [0.2, 0.25) is 0 Å². The summed E-state index contributed by atoms with van der Waals surface area (Å²) in [6, 6.07) is 13.9. The number of carbonyl (C=O) groups excluding carboxylic acids is 1. The lowest BCUT2D eigenvalue weighted by Crippen LogP contribution is -2.31. The first-order valence-electron chi connectivity index (χ1n) is 10.1. The molecule has 3 heterocycles. The van der Waals surface area contributed by atoms with Gasteiger partial charge in [-0.3, -0.25) is 9.20 Å². The summed E-state index contributed by atoms with van der Waals surface area (Å²) in [5, 5.41) is 0. The molecule has 1 aliphatic heterocycles. The number of amides is 1. The lowest BCUT2D eigenvalue weighted by molar-refractivity contribution is 0.0762. The number of aromatic nitrogens is 2. The number of hydrogen-bond acceptors (Lipinski definition) is 4. The molecule has 5 rings (SSSR count). The van der Waals surface area contributed by atoms with E-state index in [2.05, 4.69) is 10.6 Å². The number of methoxy groups -OCH3 is 1. The molecule has 4 aromatic rings. The molecule has 29 heavy (non-hydrogen) atoms. The largest absolute Gasteiger partial charge is 0.497 e. The molecule has 1 fully saturated rings. The van der Waals surface area contributed by atoms with Crippen molar-refractivity contribution in [2.24, 2.45) is 0 Å². The summed E-state index contributed by atoms with van der Waals surface area (Å²) < 4.78 is 8.52. The Bertz CT molecular complexity index is 1190. The van der Waals surface area contributed by atoms with Crippen LogP contribution in [0.2, 0.25) is 0 Å². The van der Waals surface area contributed by atoms with Gasteiger partial charge in [-0.2, -0.15) is 0 Å². The van der Waals surface area contributed by atoms with E-state index in [1.54, 1.807) is 18.4 Å². The molecule has 0 spiro atoms. The van der Waals surface area contributed by atoms with Crippen molar-refractivity contribution < 1.29 is 9.53 Å². The molecule has 1 aliphatic rings. The molecule has 1 amide bonds. The zero-order chi connectivity index (χ0) is 19.8. The van der Waals surface area contributed by atoms with E-state index < -0.39 is 0 Å². The molecule has 0 N–H and O–H groups in total. The van der Waals surface area contributed by atoms with Gasteiger partial charge in [-0.25, -0.2) is 4.98 Å². The third kappa shape index (κ3) is 3.38. The summed E-state index contributed by atoms with van der Waals surface area (Å²) in [5.74, 6) is 0.970. The molecule has 6 heteroatoms. The highest BCUT2D eigenvalue weighted by molar-refractivity contribution is 7.23. The number of imidazole rings is 1. The fourth-order valence-corrected chi connectivity index (χ4v) is 5.06. The fraction of sp³-hybridized carbons (Fsp3) is 0.304. The first kappa shape index (κ1) is 18.2. The van der Waals surface area contributed by atoms with Crippen molar-refractivity contribution in [3.8, 4) is 17.0 Å². The van der Waals surface area contributed by atoms with E-state index in [0.717, 1.165) is 63.7 Å². The first-order chi connectivity index (χ1) is 14.2. The van der Waals surface area contributed by atoms with Gasteiger partial charge in [0.1, 0.15) is 5.75 Å². The molecule has 2 aromatic carbocycles. The molecule has 1 saturated heterocycles. The van der Waals surface area contributed by atoms with Crippen molar-refractivity contribution in [2.45, 2.75) is 25.7 Å². The Morgan fingerprint density at radius 3 is 2.69 bits per heavy atom. The zero-order valence-electron chi connectivity index (χ0n) is 16.4. The standard InChI is InChI=1S/C23H23N3O2S/c1-28-18-8-6-7-16(13-18)19-15-26-20-10-9-17(14-21(20)29-23(26)24-19)22(27)25-11-4-2-3-5-12-25/h6-10,13-15H,2-5,11-12H2,1H3. The van der Waals surface area contributed by atoms with Crippen LogP contribution in [-0.2, 0) is 0 Å². The average molecular weight is 406 g/mol. The molecule has 2 aromatic heterocycles. The molecule has 148 valence electrons. The quantitative estimate of drug-likeness (QED) is 0.468. The van der Waals surface area contributed by atoms with Crippen LogP contribution in [0.4, 0.5) is 0 Å². The third-order valence-corrected chi connectivity index (χ3v) is 6.62. The fourth-order valence-electron chi connectivity index (χ4n) is 4.01. The minimum Gasteiger partial charge on any atom is -0.497 e. The van der Waals surface area contributed by atoms with Crippen LogP contribution < -0.4 is 4.74 Å². The van der Waals surface area contributed by atoms with Gasteiger partial charge < -0.3 is 9.64 Å². The number of nitrogens with zero attached hydrogens (tertiary/aromatic N) is 3. The van der Waals surface area contributed by atoms with Gasteiger partial charge in [-0.1, -0.05) is 36.3 Å². The second kappa shape index (κ2) is 7.52. The second-order valence-electron chi connectivity index (χ2n) is 7.50. The van der Waals surface area contributed by atoms with E-state index in [-0.39, 0.29) is 5.91 Å². The van der Waals surface area contributed by atoms with Crippen molar-refractivity contribution in [1.29, 1.82) is 0 Å². The molecule has 0 aliphatic carbocycles. The van der Waals surface area contributed by atoms with Gasteiger partial charge in [-0.05, 0) is 43.2 Å². The predicted octanol–water partition coefficient (Wildman–Crippen LogP) is 5.24. The van der Waals surface area contributed by atoms with Crippen LogP contribution in [0.3, 0.4) is 0 Å². The highest BCUT2D eigenvalue weighted by Gasteiger charge is 2.19. The van der Waals surface area contributed by atoms with Gasteiger partial charge in [0.05, 0.1) is 23.0 Å². The number of ether oxygens (including phenoxy) is 1. The lowest BCUT2D eigenvalue weighted by atomic mass is 10.1. The van der Waals surface area contributed by atoms with Crippen molar-refractivity contribution >= 4 is 32.4 Å². The van der Waals surface area contributed by atoms with E-state index >= 15 is 0 Å². The first-order valence-corrected chi connectivity index (χ1v) is 10.9. The van der Waals surface area contributed by atoms with Crippen LogP contribution >= 0.6 is 11.3 Å². The number of carbonyl (C=O) groups is 1. The van der Waals surface area contributed by atoms with Crippen LogP contribution in [0.25, 0.3) is 26.4 Å². The Kier molecular flexibility index (Phi) is 4.72. The van der Waals surface area contributed by atoms with E-state index in [4.69, 9.17) is 9.72 Å². The number of thiazole rings is 1. The maximum absolute atomic E-state index is 12.9. The van der Waals surface area contributed by atoms with Crippen LogP contribution in [0.1, 0.15) is 36.0 Å². The van der Waals surface area contributed by atoms with E-state index in [1.165, 1.54) is 12.8 Å². The molecular formula is C23H23N3O2S. The molecule has 0 atom stereocenters. The van der Waals surface area contributed by atoms with E-state index in [0.29, 0.717) is 0 Å². The Morgan fingerprint density at radius 1 is 1.07 bits per heavy atom. The monoisotopic (exact) mass is 405 g/mol. The number of fused-ring (bicyclic) bond motifs is 3. The van der Waals surface area contributed by atoms with Gasteiger partial charge in [0.25, 0.3) is 5.91 Å². The zero-order valence-corrected chi connectivity index (χ0v) is 17.2. The normalized spacial score (nSPS) is 15.0. The molecule has 0 radical (unpaired) electrons. The number of rotatable bonds is 3. The summed E-state index contributed by atoms with van der Waals surface area (Å²) in [7, 11) is 1.67. The van der Waals surface area contributed by atoms with Crippen LogP contribution in [-0.4, -0.2) is 40.4 Å².